The van der Waals surface area contributed by atoms with Crippen LogP contribution in [0.25, 0.3) is 0 Å². The predicted octanol–water partition coefficient (Wildman–Crippen LogP) is 2.94. The lowest BCUT2D eigenvalue weighted by atomic mass is 10.2. The highest BCUT2D eigenvalue weighted by molar-refractivity contribution is 7.99. The van der Waals surface area contributed by atoms with Crippen LogP contribution in [-0.2, 0) is 11.3 Å². The van der Waals surface area contributed by atoms with Gasteiger partial charge >= 0.3 is 0 Å². The van der Waals surface area contributed by atoms with Crippen LogP contribution in [0, 0.1) is 5.92 Å². The number of hydrogen-bond acceptors (Lipinski definition) is 6. The molecule has 1 aromatic carbocycles. The number of hydrogen-bond donors (Lipinski definition) is 0. The summed E-state index contributed by atoms with van der Waals surface area (Å²) in [4.78, 5) is 2.27. The van der Waals surface area contributed by atoms with Crippen LogP contribution in [0.2, 0.25) is 0 Å². The van der Waals surface area contributed by atoms with Gasteiger partial charge in [-0.3, -0.25) is 4.57 Å². The summed E-state index contributed by atoms with van der Waals surface area (Å²) in [6, 6.07) is 9.90. The van der Waals surface area contributed by atoms with E-state index in [0.717, 1.165) is 55.5 Å². The molecule has 0 aliphatic carbocycles. The molecule has 7 heteroatoms. The van der Waals surface area contributed by atoms with Crippen LogP contribution < -0.4 is 9.64 Å². The van der Waals surface area contributed by atoms with E-state index in [1.807, 2.05) is 30.3 Å². The lowest BCUT2D eigenvalue weighted by Crippen LogP contribution is -2.38. The van der Waals surface area contributed by atoms with Crippen molar-refractivity contribution in [3.8, 4) is 5.75 Å². The minimum absolute atomic E-state index is 0.538. The third-order valence-electron chi connectivity index (χ3n) is 3.87. The lowest BCUT2D eigenvalue weighted by Gasteiger charge is -2.28. The molecular weight excluding hydrogens is 336 g/mol. The molecule has 136 valence electrons. The molecule has 0 radical (unpaired) electrons. The fourth-order valence-electron chi connectivity index (χ4n) is 2.72. The number of aromatic nitrogens is 3. The molecule has 1 aromatic heterocycles. The summed E-state index contributed by atoms with van der Waals surface area (Å²) in [5.41, 5.74) is 0. The number of nitrogens with zero attached hydrogens (tertiary/aromatic N) is 4. The van der Waals surface area contributed by atoms with E-state index in [9.17, 15) is 0 Å². The van der Waals surface area contributed by atoms with Crippen LogP contribution in [-0.4, -0.2) is 53.4 Å². The smallest absolute Gasteiger partial charge is 0.228 e. The Labute approximate surface area is 153 Å². The second-order valence-corrected chi connectivity index (χ2v) is 7.46. The third-order valence-corrected chi connectivity index (χ3v) is 4.80. The average molecular weight is 362 g/mol. The Kier molecular flexibility index (Phi) is 6.58. The van der Waals surface area contributed by atoms with Gasteiger partial charge in [0.1, 0.15) is 5.75 Å². The molecule has 6 nitrogen and oxygen atoms in total. The van der Waals surface area contributed by atoms with Crippen molar-refractivity contribution < 1.29 is 9.47 Å². The van der Waals surface area contributed by atoms with Gasteiger partial charge in [-0.15, -0.1) is 10.2 Å². The number of benzene rings is 1. The molecule has 0 atom stereocenters. The standard InChI is InChI=1S/C18H26N4O2S/c1-15(2)14-22-17(21-8-10-23-11-9-21)19-20-18(22)25-13-12-24-16-6-4-3-5-7-16/h3-7,15H,8-14H2,1-2H3. The van der Waals surface area contributed by atoms with Gasteiger partial charge in [0.15, 0.2) is 5.16 Å². The van der Waals surface area contributed by atoms with Gasteiger partial charge < -0.3 is 14.4 Å². The topological polar surface area (TPSA) is 52.4 Å². The summed E-state index contributed by atoms with van der Waals surface area (Å²) in [5, 5.41) is 9.84. The van der Waals surface area contributed by atoms with Gasteiger partial charge in [0.05, 0.1) is 19.8 Å². The van der Waals surface area contributed by atoms with Crippen LogP contribution in [0.5, 0.6) is 5.75 Å². The molecule has 0 spiro atoms. The molecule has 3 rings (SSSR count). The molecule has 0 N–H and O–H groups in total. The van der Waals surface area contributed by atoms with Crippen LogP contribution in [0.15, 0.2) is 35.5 Å². The molecule has 2 aromatic rings. The van der Waals surface area contributed by atoms with Crippen molar-refractivity contribution >= 4 is 17.7 Å². The minimum atomic E-state index is 0.538. The van der Waals surface area contributed by atoms with Crippen molar-refractivity contribution in [2.75, 3.05) is 43.6 Å². The summed E-state index contributed by atoms with van der Waals surface area (Å²) < 4.78 is 13.5. The Morgan fingerprint density at radius 2 is 1.92 bits per heavy atom. The van der Waals surface area contributed by atoms with Crippen molar-refractivity contribution in [1.29, 1.82) is 0 Å². The number of para-hydroxylation sites is 1. The van der Waals surface area contributed by atoms with Crippen molar-refractivity contribution in [2.45, 2.75) is 25.5 Å². The summed E-state index contributed by atoms with van der Waals surface area (Å²) in [6.07, 6.45) is 0. The largest absolute Gasteiger partial charge is 0.493 e. The lowest BCUT2D eigenvalue weighted by molar-refractivity contribution is 0.121. The average Bonchev–Trinajstić information content (AvgIpc) is 3.02. The predicted molar refractivity (Wildman–Crippen MR) is 101 cm³/mol. The summed E-state index contributed by atoms with van der Waals surface area (Å²) >= 11 is 1.70. The fraction of sp³-hybridized carbons (Fsp3) is 0.556. The first kappa shape index (κ1) is 18.1. The van der Waals surface area contributed by atoms with E-state index in [4.69, 9.17) is 9.47 Å². The Morgan fingerprint density at radius 1 is 1.16 bits per heavy atom. The first-order chi connectivity index (χ1) is 12.2. The van der Waals surface area contributed by atoms with Crippen LogP contribution >= 0.6 is 11.8 Å². The zero-order valence-electron chi connectivity index (χ0n) is 14.9. The van der Waals surface area contributed by atoms with E-state index in [0.29, 0.717) is 12.5 Å². The fourth-order valence-corrected chi connectivity index (χ4v) is 3.48. The van der Waals surface area contributed by atoms with Gasteiger partial charge in [0.25, 0.3) is 0 Å². The third kappa shape index (κ3) is 5.12. The Morgan fingerprint density at radius 3 is 2.64 bits per heavy atom. The van der Waals surface area contributed by atoms with Crippen LogP contribution in [0.4, 0.5) is 5.95 Å². The molecule has 0 saturated carbocycles. The monoisotopic (exact) mass is 362 g/mol. The second-order valence-electron chi connectivity index (χ2n) is 6.40. The highest BCUT2D eigenvalue weighted by Crippen LogP contribution is 2.24. The molecule has 1 saturated heterocycles. The van der Waals surface area contributed by atoms with Gasteiger partial charge in [-0.25, -0.2) is 0 Å². The SMILES string of the molecule is CC(C)Cn1c(SCCOc2ccccc2)nnc1N1CCOCC1. The first-order valence-corrected chi connectivity index (χ1v) is 9.79. The maximum atomic E-state index is 5.77. The van der Waals surface area contributed by atoms with E-state index in [-0.39, 0.29) is 0 Å². The minimum Gasteiger partial charge on any atom is -0.493 e. The van der Waals surface area contributed by atoms with Gasteiger partial charge in [-0.05, 0) is 18.1 Å². The molecule has 0 unspecified atom stereocenters. The maximum absolute atomic E-state index is 5.77. The maximum Gasteiger partial charge on any atom is 0.228 e. The Balaban J connectivity index is 1.60. The molecule has 1 aliphatic rings. The van der Waals surface area contributed by atoms with Gasteiger partial charge in [-0.1, -0.05) is 43.8 Å². The van der Waals surface area contributed by atoms with Crippen molar-refractivity contribution in [1.82, 2.24) is 14.8 Å². The number of thioether (sulfide) groups is 1. The van der Waals surface area contributed by atoms with Crippen LogP contribution in [0.1, 0.15) is 13.8 Å². The molecule has 25 heavy (non-hydrogen) atoms. The van der Waals surface area contributed by atoms with E-state index in [2.05, 4.69) is 33.5 Å². The highest BCUT2D eigenvalue weighted by atomic mass is 32.2. The van der Waals surface area contributed by atoms with Gasteiger partial charge in [0.2, 0.25) is 5.95 Å². The molecule has 1 fully saturated rings. The zero-order chi connectivity index (χ0) is 17.5. The Hall–Kier alpha value is -1.73. The molecule has 0 amide bonds. The molecule has 1 aliphatic heterocycles. The zero-order valence-corrected chi connectivity index (χ0v) is 15.7. The van der Waals surface area contributed by atoms with Crippen molar-refractivity contribution in [2.24, 2.45) is 5.92 Å². The Bertz CT molecular complexity index is 642. The number of rotatable bonds is 8. The second kappa shape index (κ2) is 9.10. The molecule has 0 bridgehead atoms. The van der Waals surface area contributed by atoms with Crippen molar-refractivity contribution in [3.63, 3.8) is 0 Å². The highest BCUT2D eigenvalue weighted by Gasteiger charge is 2.21. The number of anilines is 1. The summed E-state index contributed by atoms with van der Waals surface area (Å²) in [7, 11) is 0. The van der Waals surface area contributed by atoms with E-state index in [1.165, 1.54) is 0 Å². The molecule has 2 heterocycles. The van der Waals surface area contributed by atoms with Crippen LogP contribution in [0.3, 0.4) is 0 Å². The normalized spacial score (nSPS) is 14.9. The molecular formula is C18H26N4O2S. The summed E-state index contributed by atoms with van der Waals surface area (Å²) in [6.45, 7) is 9.25. The van der Waals surface area contributed by atoms with E-state index in [1.54, 1.807) is 11.8 Å². The number of morpholine rings is 1. The van der Waals surface area contributed by atoms with E-state index < -0.39 is 0 Å². The summed E-state index contributed by atoms with van der Waals surface area (Å²) in [5.74, 6) is 3.24. The van der Waals surface area contributed by atoms with Gasteiger partial charge in [-0.2, -0.15) is 0 Å². The number of ether oxygens (including phenoxy) is 2. The first-order valence-electron chi connectivity index (χ1n) is 8.80. The quantitative estimate of drug-likeness (QED) is 0.532. The van der Waals surface area contributed by atoms with Gasteiger partial charge in [0, 0.05) is 25.4 Å². The van der Waals surface area contributed by atoms with E-state index >= 15 is 0 Å². The van der Waals surface area contributed by atoms with Crippen molar-refractivity contribution in [3.05, 3.63) is 30.3 Å².